The minimum atomic E-state index is -0.348. The second kappa shape index (κ2) is 6.71. The number of hydrogen-bond donors (Lipinski definition) is 1. The first-order valence-electron chi connectivity index (χ1n) is 9.36. The van der Waals surface area contributed by atoms with E-state index in [4.69, 9.17) is 23.2 Å². The third-order valence-electron chi connectivity index (χ3n) is 6.04. The van der Waals surface area contributed by atoms with Crippen LogP contribution in [0.3, 0.4) is 0 Å². The summed E-state index contributed by atoms with van der Waals surface area (Å²) in [4.78, 5) is 39.5. The van der Waals surface area contributed by atoms with Crippen molar-refractivity contribution < 1.29 is 14.4 Å². The van der Waals surface area contributed by atoms with Crippen LogP contribution in [-0.2, 0) is 9.59 Å². The van der Waals surface area contributed by atoms with Gasteiger partial charge in [-0.05, 0) is 60.7 Å². The molecule has 2 aliphatic carbocycles. The number of imide groups is 1. The highest BCUT2D eigenvalue weighted by molar-refractivity contribution is 6.36. The normalized spacial score (nSPS) is 26.9. The highest BCUT2D eigenvalue weighted by Gasteiger charge is 2.59. The molecular formula is C22H16Cl2N2O3. The lowest BCUT2D eigenvalue weighted by Crippen LogP contribution is -2.32. The van der Waals surface area contributed by atoms with Gasteiger partial charge in [0.15, 0.2) is 0 Å². The highest BCUT2D eigenvalue weighted by atomic mass is 35.5. The number of nitrogens with zero attached hydrogens (tertiary/aromatic N) is 1. The fourth-order valence-electron chi connectivity index (χ4n) is 4.70. The maximum Gasteiger partial charge on any atom is 0.255 e. The first-order chi connectivity index (χ1) is 13.9. The van der Waals surface area contributed by atoms with Crippen molar-refractivity contribution in [3.05, 3.63) is 70.2 Å². The predicted molar refractivity (Wildman–Crippen MR) is 111 cm³/mol. The molecule has 7 heteroatoms. The van der Waals surface area contributed by atoms with Crippen LogP contribution < -0.4 is 10.2 Å². The number of carbonyl (C=O) groups is 3. The molecule has 29 heavy (non-hydrogen) atoms. The largest absolute Gasteiger partial charge is 0.321 e. The van der Waals surface area contributed by atoms with Crippen LogP contribution in [0.5, 0.6) is 0 Å². The van der Waals surface area contributed by atoms with Gasteiger partial charge in [0, 0.05) is 10.6 Å². The van der Waals surface area contributed by atoms with E-state index in [1.54, 1.807) is 42.5 Å². The Bertz CT molecular complexity index is 1050. The fourth-order valence-corrected chi connectivity index (χ4v) is 5.16. The van der Waals surface area contributed by atoms with Crippen molar-refractivity contribution in [1.82, 2.24) is 0 Å². The Morgan fingerprint density at radius 3 is 2.14 bits per heavy atom. The summed E-state index contributed by atoms with van der Waals surface area (Å²) in [5.41, 5.74) is 1.33. The van der Waals surface area contributed by atoms with Crippen LogP contribution in [0.4, 0.5) is 11.4 Å². The molecule has 1 N–H and O–H groups in total. The van der Waals surface area contributed by atoms with E-state index >= 15 is 0 Å². The minimum Gasteiger partial charge on any atom is -0.321 e. The molecule has 5 nitrogen and oxygen atoms in total. The zero-order valence-corrected chi connectivity index (χ0v) is 16.7. The molecule has 146 valence electrons. The molecule has 0 radical (unpaired) electrons. The van der Waals surface area contributed by atoms with Gasteiger partial charge in [0.05, 0.1) is 28.2 Å². The molecule has 2 fully saturated rings. The van der Waals surface area contributed by atoms with E-state index in [2.05, 4.69) is 17.5 Å². The van der Waals surface area contributed by atoms with Gasteiger partial charge in [-0.2, -0.15) is 0 Å². The highest BCUT2D eigenvalue weighted by Crippen LogP contribution is 2.53. The minimum absolute atomic E-state index is 0.137. The third kappa shape index (κ3) is 2.88. The summed E-state index contributed by atoms with van der Waals surface area (Å²) in [5, 5.41) is 3.54. The average molecular weight is 427 g/mol. The van der Waals surface area contributed by atoms with Crippen LogP contribution in [0, 0.1) is 23.7 Å². The van der Waals surface area contributed by atoms with Gasteiger partial charge in [-0.25, -0.2) is 0 Å². The molecule has 2 aromatic rings. The molecule has 5 rings (SSSR count). The molecule has 0 unspecified atom stereocenters. The van der Waals surface area contributed by atoms with Gasteiger partial charge < -0.3 is 5.32 Å². The summed E-state index contributed by atoms with van der Waals surface area (Å²) < 4.78 is 0. The molecule has 1 heterocycles. The quantitative estimate of drug-likeness (QED) is 0.577. The predicted octanol–water partition coefficient (Wildman–Crippen LogP) is 4.56. The Morgan fingerprint density at radius 2 is 1.55 bits per heavy atom. The summed E-state index contributed by atoms with van der Waals surface area (Å²) in [6, 6.07) is 11.3. The number of rotatable bonds is 3. The number of halogens is 2. The number of fused-ring (bicyclic) bond motifs is 5. The number of amides is 3. The van der Waals surface area contributed by atoms with Crippen LogP contribution >= 0.6 is 23.2 Å². The molecule has 0 spiro atoms. The zero-order chi connectivity index (χ0) is 20.3. The molecule has 1 saturated carbocycles. The monoisotopic (exact) mass is 426 g/mol. The van der Waals surface area contributed by atoms with Gasteiger partial charge in [0.25, 0.3) is 5.91 Å². The first kappa shape index (κ1) is 18.4. The Balaban J connectivity index is 1.35. The Labute approximate surface area is 177 Å². The standard InChI is InChI=1S/C22H16Cl2N2O3/c23-14-5-8-17(16(24)10-14)25-20(27)11-3-6-15(7-4-11)26-21(28)18-12-1-2-13(9-12)19(18)22(26)29/h1-8,10,12-13,18-19H,9H2,(H,25,27)/t12-,13-,18-,19-/m0/s1. The molecule has 1 aliphatic heterocycles. The van der Waals surface area contributed by atoms with Crippen molar-refractivity contribution >= 4 is 52.3 Å². The summed E-state index contributed by atoms with van der Waals surface area (Å²) in [7, 11) is 0. The van der Waals surface area contributed by atoms with Crippen LogP contribution in [0.15, 0.2) is 54.6 Å². The maximum absolute atomic E-state index is 12.9. The number of carbonyl (C=O) groups excluding carboxylic acids is 3. The Kier molecular flexibility index (Phi) is 4.26. The molecule has 3 amide bonds. The van der Waals surface area contributed by atoms with Crippen molar-refractivity contribution in [1.29, 1.82) is 0 Å². The first-order valence-corrected chi connectivity index (χ1v) is 10.1. The van der Waals surface area contributed by atoms with Crippen LogP contribution in [0.1, 0.15) is 16.8 Å². The molecular weight excluding hydrogens is 411 g/mol. The maximum atomic E-state index is 12.9. The summed E-state index contributed by atoms with van der Waals surface area (Å²) in [6.07, 6.45) is 5.03. The molecule has 3 aliphatic rings. The van der Waals surface area contributed by atoms with Crippen molar-refractivity contribution in [2.45, 2.75) is 6.42 Å². The van der Waals surface area contributed by atoms with Gasteiger partial charge in [-0.3, -0.25) is 19.3 Å². The lowest BCUT2D eigenvalue weighted by Gasteiger charge is -2.17. The van der Waals surface area contributed by atoms with E-state index in [1.165, 1.54) is 4.90 Å². The summed E-state index contributed by atoms with van der Waals surface area (Å²) >= 11 is 12.0. The average Bonchev–Trinajstić information content (AvgIpc) is 3.38. The molecule has 1 saturated heterocycles. The Hall–Kier alpha value is -2.63. The smallest absolute Gasteiger partial charge is 0.255 e. The topological polar surface area (TPSA) is 66.5 Å². The lowest BCUT2D eigenvalue weighted by molar-refractivity contribution is -0.123. The van der Waals surface area contributed by atoms with Gasteiger partial charge in [-0.15, -0.1) is 0 Å². The number of benzene rings is 2. The van der Waals surface area contributed by atoms with Gasteiger partial charge >= 0.3 is 0 Å². The molecule has 2 bridgehead atoms. The number of anilines is 2. The van der Waals surface area contributed by atoms with Crippen molar-refractivity contribution in [3.63, 3.8) is 0 Å². The van der Waals surface area contributed by atoms with E-state index in [1.807, 2.05) is 0 Å². The summed E-state index contributed by atoms with van der Waals surface area (Å²) in [5.74, 6) is -0.774. The zero-order valence-electron chi connectivity index (χ0n) is 15.1. The SMILES string of the molecule is O=C(Nc1ccc(Cl)cc1Cl)c1ccc(N2C(=O)[C@@H]3[C@@H](C2=O)[C@H]2C=C[C@H]3C2)cc1. The van der Waals surface area contributed by atoms with Crippen LogP contribution in [0.25, 0.3) is 0 Å². The van der Waals surface area contributed by atoms with Crippen LogP contribution in [-0.4, -0.2) is 17.7 Å². The number of nitrogens with one attached hydrogen (secondary N) is 1. The van der Waals surface area contributed by atoms with Crippen molar-refractivity contribution in [3.8, 4) is 0 Å². The number of hydrogen-bond acceptors (Lipinski definition) is 3. The van der Waals surface area contributed by atoms with Gasteiger partial charge in [0.2, 0.25) is 11.8 Å². The molecule has 2 aromatic carbocycles. The van der Waals surface area contributed by atoms with Crippen molar-refractivity contribution in [2.24, 2.45) is 23.7 Å². The molecule has 0 aromatic heterocycles. The van der Waals surface area contributed by atoms with Crippen LogP contribution in [0.2, 0.25) is 10.0 Å². The Morgan fingerprint density at radius 1 is 0.931 bits per heavy atom. The van der Waals surface area contributed by atoms with Gasteiger partial charge in [0.1, 0.15) is 0 Å². The van der Waals surface area contributed by atoms with E-state index in [0.717, 1.165) is 6.42 Å². The second-order valence-corrected chi connectivity index (χ2v) is 8.48. The van der Waals surface area contributed by atoms with E-state index in [9.17, 15) is 14.4 Å². The van der Waals surface area contributed by atoms with Crippen molar-refractivity contribution in [2.75, 3.05) is 10.2 Å². The third-order valence-corrected chi connectivity index (χ3v) is 6.59. The summed E-state index contributed by atoms with van der Waals surface area (Å²) in [6.45, 7) is 0. The number of allylic oxidation sites excluding steroid dienone is 2. The lowest BCUT2D eigenvalue weighted by atomic mass is 9.85. The fraction of sp³-hybridized carbons (Fsp3) is 0.227. The second-order valence-electron chi connectivity index (χ2n) is 7.64. The van der Waals surface area contributed by atoms with E-state index < -0.39 is 0 Å². The van der Waals surface area contributed by atoms with E-state index in [-0.39, 0.29) is 41.4 Å². The molecule has 4 atom stereocenters. The van der Waals surface area contributed by atoms with Gasteiger partial charge in [-0.1, -0.05) is 35.4 Å². The van der Waals surface area contributed by atoms with E-state index in [0.29, 0.717) is 27.0 Å².